The summed E-state index contributed by atoms with van der Waals surface area (Å²) < 4.78 is 0. The molecule has 3 rings (SSSR count). The van der Waals surface area contributed by atoms with Gasteiger partial charge in [-0.15, -0.1) is 0 Å². The largest absolute Gasteiger partial charge is 0.0985 e. The molecule has 0 bridgehead atoms. The van der Waals surface area contributed by atoms with E-state index in [9.17, 15) is 0 Å². The van der Waals surface area contributed by atoms with Gasteiger partial charge in [0.25, 0.3) is 0 Å². The van der Waals surface area contributed by atoms with Gasteiger partial charge in [0.1, 0.15) is 0 Å². The highest BCUT2D eigenvalue weighted by atomic mass is 14.4. The van der Waals surface area contributed by atoms with Crippen LogP contribution in [0.15, 0.2) is 61.7 Å². The van der Waals surface area contributed by atoms with Crippen molar-refractivity contribution in [3.05, 3.63) is 78.4 Å². The molecule has 2 aromatic carbocycles. The molecule has 0 atom stereocenters. The molecule has 0 nitrogen and oxygen atoms in total. The minimum atomic E-state index is 0.152. The Morgan fingerprint density at radius 2 is 1.24 bits per heavy atom. The van der Waals surface area contributed by atoms with E-state index in [1.807, 2.05) is 6.08 Å². The number of rotatable bonds is 16. The van der Waals surface area contributed by atoms with Crippen molar-refractivity contribution in [1.29, 1.82) is 0 Å². The second-order valence-corrected chi connectivity index (χ2v) is 10.2. The predicted molar refractivity (Wildman–Crippen MR) is 148 cm³/mol. The van der Waals surface area contributed by atoms with Crippen molar-refractivity contribution in [3.63, 3.8) is 0 Å². The van der Waals surface area contributed by atoms with Gasteiger partial charge in [0, 0.05) is 5.41 Å². The van der Waals surface area contributed by atoms with Crippen molar-refractivity contribution < 1.29 is 0 Å². The summed E-state index contributed by atoms with van der Waals surface area (Å²) in [7, 11) is 0. The highest BCUT2D eigenvalue weighted by Gasteiger charge is 2.42. The SMILES string of the molecule is C=CC(=C)c1ccc2c(c1)C(CCCCCCCC)(CCCCCCCC)c1ccccc1-2. The second kappa shape index (κ2) is 13.0. The topological polar surface area (TPSA) is 0 Å². The van der Waals surface area contributed by atoms with Crippen LogP contribution < -0.4 is 0 Å². The fraction of sp³-hybridized carbons (Fsp3) is 0.515. The van der Waals surface area contributed by atoms with Gasteiger partial charge in [-0.2, -0.15) is 0 Å². The first-order valence-electron chi connectivity index (χ1n) is 13.7. The third kappa shape index (κ3) is 6.08. The Hall–Kier alpha value is -2.08. The average molecular weight is 443 g/mol. The molecular formula is C33H46. The Morgan fingerprint density at radius 3 is 1.85 bits per heavy atom. The summed E-state index contributed by atoms with van der Waals surface area (Å²) in [4.78, 5) is 0. The summed E-state index contributed by atoms with van der Waals surface area (Å²) in [5.41, 5.74) is 8.44. The van der Waals surface area contributed by atoms with E-state index in [0.717, 1.165) is 5.57 Å². The molecule has 178 valence electrons. The molecule has 0 heteroatoms. The number of fused-ring (bicyclic) bond motifs is 3. The van der Waals surface area contributed by atoms with Crippen LogP contribution in [0, 0.1) is 0 Å². The van der Waals surface area contributed by atoms with Gasteiger partial charge in [0.15, 0.2) is 0 Å². The van der Waals surface area contributed by atoms with E-state index >= 15 is 0 Å². The van der Waals surface area contributed by atoms with Crippen molar-refractivity contribution in [2.75, 3.05) is 0 Å². The van der Waals surface area contributed by atoms with Gasteiger partial charge in [-0.25, -0.2) is 0 Å². The first-order chi connectivity index (χ1) is 16.2. The first-order valence-corrected chi connectivity index (χ1v) is 13.7. The van der Waals surface area contributed by atoms with Crippen LogP contribution in [0.4, 0.5) is 0 Å². The molecule has 1 aliphatic carbocycles. The normalized spacial score (nSPS) is 13.5. The van der Waals surface area contributed by atoms with E-state index in [-0.39, 0.29) is 5.41 Å². The maximum Gasteiger partial charge on any atom is 0.0215 e. The molecule has 0 unspecified atom stereocenters. The predicted octanol–water partition coefficient (Wildman–Crippen LogP) is 10.7. The van der Waals surface area contributed by atoms with Gasteiger partial charge < -0.3 is 0 Å². The molecule has 0 fully saturated rings. The molecule has 0 spiro atoms. The Labute approximate surface area is 204 Å². The van der Waals surface area contributed by atoms with Gasteiger partial charge in [0.05, 0.1) is 0 Å². The summed E-state index contributed by atoms with van der Waals surface area (Å²) in [5, 5.41) is 0. The fourth-order valence-corrected chi connectivity index (χ4v) is 5.85. The Balaban J connectivity index is 1.90. The lowest BCUT2D eigenvalue weighted by Gasteiger charge is -2.33. The van der Waals surface area contributed by atoms with Gasteiger partial charge >= 0.3 is 0 Å². The van der Waals surface area contributed by atoms with Crippen LogP contribution in [-0.4, -0.2) is 0 Å². The second-order valence-electron chi connectivity index (χ2n) is 10.2. The number of benzene rings is 2. The van der Waals surface area contributed by atoms with Gasteiger partial charge in [-0.3, -0.25) is 0 Å². The summed E-state index contributed by atoms with van der Waals surface area (Å²) in [6, 6.07) is 16.3. The maximum atomic E-state index is 4.26. The lowest BCUT2D eigenvalue weighted by molar-refractivity contribution is 0.398. The smallest absolute Gasteiger partial charge is 0.0215 e. The van der Waals surface area contributed by atoms with Crippen molar-refractivity contribution >= 4 is 5.57 Å². The van der Waals surface area contributed by atoms with Crippen molar-refractivity contribution in [2.45, 2.75) is 109 Å². The first kappa shape index (κ1) is 25.5. The third-order valence-electron chi connectivity index (χ3n) is 7.80. The molecule has 2 aromatic rings. The molecule has 1 aliphatic rings. The van der Waals surface area contributed by atoms with E-state index in [1.165, 1.54) is 107 Å². The van der Waals surface area contributed by atoms with Crippen LogP contribution in [-0.2, 0) is 5.41 Å². The van der Waals surface area contributed by atoms with Crippen LogP contribution in [0.3, 0.4) is 0 Å². The highest BCUT2D eigenvalue weighted by Crippen LogP contribution is 2.54. The zero-order valence-electron chi connectivity index (χ0n) is 21.4. The molecule has 0 saturated carbocycles. The summed E-state index contributed by atoms with van der Waals surface area (Å²) in [6.07, 6.45) is 20.7. The van der Waals surface area contributed by atoms with Crippen LogP contribution in [0.25, 0.3) is 16.7 Å². The minimum Gasteiger partial charge on any atom is -0.0985 e. The number of allylic oxidation sites excluding steroid dienone is 2. The molecule has 0 N–H and O–H groups in total. The third-order valence-corrected chi connectivity index (χ3v) is 7.80. The van der Waals surface area contributed by atoms with Gasteiger partial charge in [-0.1, -0.05) is 147 Å². The number of unbranched alkanes of at least 4 members (excludes halogenated alkanes) is 10. The van der Waals surface area contributed by atoms with Crippen molar-refractivity contribution in [2.24, 2.45) is 0 Å². The fourth-order valence-electron chi connectivity index (χ4n) is 5.85. The molecule has 33 heavy (non-hydrogen) atoms. The molecule has 0 aromatic heterocycles. The summed E-state index contributed by atoms with van der Waals surface area (Å²) in [5.74, 6) is 0. The van der Waals surface area contributed by atoms with Crippen molar-refractivity contribution in [3.8, 4) is 11.1 Å². The average Bonchev–Trinajstić information content (AvgIpc) is 3.12. The lowest BCUT2D eigenvalue weighted by Crippen LogP contribution is -2.25. The number of hydrogen-bond donors (Lipinski definition) is 0. The molecule has 0 aliphatic heterocycles. The van der Waals surface area contributed by atoms with E-state index in [0.29, 0.717) is 0 Å². The number of hydrogen-bond acceptors (Lipinski definition) is 0. The van der Waals surface area contributed by atoms with Crippen molar-refractivity contribution in [1.82, 2.24) is 0 Å². The van der Waals surface area contributed by atoms with Crippen LogP contribution >= 0.6 is 0 Å². The van der Waals surface area contributed by atoms with Crippen LogP contribution in [0.5, 0.6) is 0 Å². The molecular weight excluding hydrogens is 396 g/mol. The van der Waals surface area contributed by atoms with Gasteiger partial charge in [-0.05, 0) is 52.3 Å². The molecule has 0 heterocycles. The Kier molecular flexibility index (Phi) is 10.0. The Morgan fingerprint density at radius 1 is 0.697 bits per heavy atom. The summed E-state index contributed by atoms with van der Waals surface area (Å²) in [6.45, 7) is 12.8. The van der Waals surface area contributed by atoms with E-state index < -0.39 is 0 Å². The van der Waals surface area contributed by atoms with Crippen LogP contribution in [0.2, 0.25) is 0 Å². The van der Waals surface area contributed by atoms with E-state index in [2.05, 4.69) is 69.5 Å². The molecule has 0 saturated heterocycles. The molecule has 0 amide bonds. The monoisotopic (exact) mass is 442 g/mol. The maximum absolute atomic E-state index is 4.26. The Bertz CT molecular complexity index is 884. The standard InChI is InChI=1S/C33H46/c1-5-8-10-12-14-18-24-33(25-19-15-13-11-9-6-2)31-21-17-16-20-29(31)30-23-22-28(26-32(30)33)27(4)7-3/h7,16-17,20-23,26H,3-6,8-15,18-19,24-25H2,1-2H3. The summed E-state index contributed by atoms with van der Waals surface area (Å²) >= 11 is 0. The highest BCUT2D eigenvalue weighted by molar-refractivity contribution is 5.84. The van der Waals surface area contributed by atoms with E-state index in [1.54, 1.807) is 11.1 Å². The quantitative estimate of drug-likeness (QED) is 0.179. The lowest BCUT2D eigenvalue weighted by atomic mass is 9.70. The molecule has 0 radical (unpaired) electrons. The van der Waals surface area contributed by atoms with Crippen LogP contribution in [0.1, 0.15) is 120 Å². The zero-order valence-corrected chi connectivity index (χ0v) is 21.4. The zero-order chi connectivity index (χ0) is 23.5. The van der Waals surface area contributed by atoms with E-state index in [4.69, 9.17) is 0 Å². The van der Waals surface area contributed by atoms with Gasteiger partial charge in [0.2, 0.25) is 0 Å². The minimum absolute atomic E-state index is 0.152.